The molecule has 0 aliphatic rings. The monoisotopic (exact) mass is 255 g/mol. The molecule has 0 aliphatic heterocycles. The average molecular weight is 255 g/mol. The normalized spacial score (nSPS) is 10.7. The van der Waals surface area contributed by atoms with E-state index >= 15 is 0 Å². The van der Waals surface area contributed by atoms with Crippen LogP contribution in [0.4, 0.5) is 5.82 Å². The summed E-state index contributed by atoms with van der Waals surface area (Å²) in [5.41, 5.74) is 2.36. The summed E-state index contributed by atoms with van der Waals surface area (Å²) in [4.78, 5) is 6.77. The lowest BCUT2D eigenvalue weighted by Crippen LogP contribution is -2.21. The molecule has 0 saturated carbocycles. The van der Waals surface area contributed by atoms with Crippen molar-refractivity contribution in [1.82, 2.24) is 10.3 Å². The Morgan fingerprint density at radius 1 is 1.32 bits per heavy atom. The van der Waals surface area contributed by atoms with Gasteiger partial charge in [0.1, 0.15) is 5.82 Å². The molecule has 0 saturated heterocycles. The van der Waals surface area contributed by atoms with Gasteiger partial charge in [-0.15, -0.1) is 0 Å². The van der Waals surface area contributed by atoms with Crippen LogP contribution in [0.15, 0.2) is 42.6 Å². The Kier molecular flexibility index (Phi) is 4.17. The van der Waals surface area contributed by atoms with Crippen LogP contribution in [0.25, 0.3) is 10.8 Å². The molecule has 0 spiro atoms. The van der Waals surface area contributed by atoms with Gasteiger partial charge in [0, 0.05) is 31.7 Å². The number of likely N-dealkylation sites (N-methyl/N-ethyl adjacent to an activating group) is 1. The molecule has 2 aromatic rings. The van der Waals surface area contributed by atoms with Crippen LogP contribution >= 0.6 is 0 Å². The van der Waals surface area contributed by atoms with E-state index in [9.17, 15) is 0 Å². The Morgan fingerprint density at radius 2 is 2.00 bits per heavy atom. The number of fused-ring (bicyclic) bond motifs is 1. The zero-order valence-electron chi connectivity index (χ0n) is 11.9. The van der Waals surface area contributed by atoms with Crippen LogP contribution < -0.4 is 10.2 Å². The highest BCUT2D eigenvalue weighted by atomic mass is 15.2. The number of aromatic nitrogens is 1. The van der Waals surface area contributed by atoms with E-state index in [1.165, 1.54) is 16.3 Å². The minimum Gasteiger partial charge on any atom is -0.355 e. The van der Waals surface area contributed by atoms with Crippen LogP contribution in [0.2, 0.25) is 0 Å². The first-order valence-electron chi connectivity index (χ1n) is 6.50. The lowest BCUT2D eigenvalue weighted by atomic mass is 10.1. The van der Waals surface area contributed by atoms with Gasteiger partial charge in [-0.1, -0.05) is 36.4 Å². The number of nitrogens with zero attached hydrogens (tertiary/aromatic N) is 2. The summed E-state index contributed by atoms with van der Waals surface area (Å²) >= 11 is 0. The van der Waals surface area contributed by atoms with Gasteiger partial charge in [0.2, 0.25) is 0 Å². The molecule has 3 heteroatoms. The van der Waals surface area contributed by atoms with E-state index in [1.807, 2.05) is 20.2 Å². The molecule has 100 valence electrons. The highest BCUT2D eigenvalue weighted by molar-refractivity contribution is 5.94. The van der Waals surface area contributed by atoms with Gasteiger partial charge in [0.05, 0.1) is 0 Å². The van der Waals surface area contributed by atoms with Gasteiger partial charge in [-0.3, -0.25) is 0 Å². The largest absolute Gasteiger partial charge is 0.355 e. The van der Waals surface area contributed by atoms with Gasteiger partial charge >= 0.3 is 0 Å². The Hall–Kier alpha value is -1.87. The summed E-state index contributed by atoms with van der Waals surface area (Å²) in [6.07, 6.45) is 1.96. The van der Waals surface area contributed by atoms with E-state index in [0.717, 1.165) is 24.5 Å². The van der Waals surface area contributed by atoms with Crippen LogP contribution in [0.1, 0.15) is 12.5 Å². The molecule has 0 amide bonds. The third kappa shape index (κ3) is 2.93. The van der Waals surface area contributed by atoms with Crippen molar-refractivity contribution in [3.05, 3.63) is 48.2 Å². The lowest BCUT2D eigenvalue weighted by Gasteiger charge is -2.21. The van der Waals surface area contributed by atoms with E-state index < -0.39 is 0 Å². The minimum absolute atomic E-state index is 0.822. The SMILES string of the molecule is C=C(C)CN(C)c1ncc(CNC)c2ccccc12. The fourth-order valence-corrected chi connectivity index (χ4v) is 2.35. The van der Waals surface area contributed by atoms with E-state index in [4.69, 9.17) is 0 Å². The number of benzene rings is 1. The van der Waals surface area contributed by atoms with Crippen molar-refractivity contribution >= 4 is 16.6 Å². The van der Waals surface area contributed by atoms with Gasteiger partial charge in [0.15, 0.2) is 0 Å². The number of pyridine rings is 1. The molecule has 1 heterocycles. The van der Waals surface area contributed by atoms with Gasteiger partial charge in [-0.25, -0.2) is 4.98 Å². The zero-order chi connectivity index (χ0) is 13.8. The molecule has 0 fully saturated rings. The number of hydrogen-bond acceptors (Lipinski definition) is 3. The second-order valence-corrected chi connectivity index (χ2v) is 5.00. The fourth-order valence-electron chi connectivity index (χ4n) is 2.35. The molecular formula is C16H21N3. The van der Waals surface area contributed by atoms with Gasteiger partial charge < -0.3 is 10.2 Å². The average Bonchev–Trinajstić information content (AvgIpc) is 2.38. The molecule has 1 N–H and O–H groups in total. The summed E-state index contributed by atoms with van der Waals surface area (Å²) in [6, 6.07) is 8.42. The first kappa shape index (κ1) is 13.6. The first-order valence-corrected chi connectivity index (χ1v) is 6.50. The van der Waals surface area contributed by atoms with Crippen LogP contribution in [0, 0.1) is 0 Å². The van der Waals surface area contributed by atoms with Crippen LogP contribution in [-0.2, 0) is 6.54 Å². The van der Waals surface area contributed by atoms with Gasteiger partial charge in [-0.05, 0) is 24.9 Å². The minimum atomic E-state index is 0.822. The summed E-state index contributed by atoms with van der Waals surface area (Å²) in [5.74, 6) is 1.01. The molecule has 0 aliphatic carbocycles. The quantitative estimate of drug-likeness (QED) is 0.833. The van der Waals surface area contributed by atoms with Crippen LogP contribution in [0.5, 0.6) is 0 Å². The number of rotatable bonds is 5. The highest BCUT2D eigenvalue weighted by Crippen LogP contribution is 2.26. The maximum absolute atomic E-state index is 4.62. The second kappa shape index (κ2) is 5.85. The number of hydrogen-bond donors (Lipinski definition) is 1. The Bertz CT molecular complexity index is 590. The molecule has 19 heavy (non-hydrogen) atoms. The van der Waals surface area contributed by atoms with Crippen molar-refractivity contribution in [2.75, 3.05) is 25.5 Å². The summed E-state index contributed by atoms with van der Waals surface area (Å²) in [5, 5.41) is 5.64. The van der Waals surface area contributed by atoms with Crippen molar-refractivity contribution in [1.29, 1.82) is 0 Å². The Labute approximate surface area is 115 Å². The van der Waals surface area contributed by atoms with E-state index in [2.05, 4.69) is 53.1 Å². The first-order chi connectivity index (χ1) is 9.13. The number of anilines is 1. The maximum Gasteiger partial charge on any atom is 0.136 e. The predicted molar refractivity (Wildman–Crippen MR) is 82.6 cm³/mol. The van der Waals surface area contributed by atoms with Crippen molar-refractivity contribution < 1.29 is 0 Å². The topological polar surface area (TPSA) is 28.2 Å². The number of nitrogens with one attached hydrogen (secondary N) is 1. The van der Waals surface area contributed by atoms with Crippen molar-refractivity contribution in [3.8, 4) is 0 Å². The molecule has 1 aromatic heterocycles. The smallest absolute Gasteiger partial charge is 0.136 e. The molecule has 3 nitrogen and oxygen atoms in total. The van der Waals surface area contributed by atoms with Gasteiger partial charge in [0.25, 0.3) is 0 Å². The van der Waals surface area contributed by atoms with Gasteiger partial charge in [-0.2, -0.15) is 0 Å². The van der Waals surface area contributed by atoms with Crippen molar-refractivity contribution in [3.63, 3.8) is 0 Å². The molecule has 2 rings (SSSR count). The highest BCUT2D eigenvalue weighted by Gasteiger charge is 2.10. The molecule has 0 radical (unpaired) electrons. The van der Waals surface area contributed by atoms with Crippen molar-refractivity contribution in [2.45, 2.75) is 13.5 Å². The van der Waals surface area contributed by atoms with Crippen LogP contribution in [-0.4, -0.2) is 25.6 Å². The fraction of sp³-hybridized carbons (Fsp3) is 0.312. The Morgan fingerprint density at radius 3 is 2.63 bits per heavy atom. The van der Waals surface area contributed by atoms with E-state index in [-0.39, 0.29) is 0 Å². The second-order valence-electron chi connectivity index (χ2n) is 5.00. The third-order valence-corrected chi connectivity index (χ3v) is 3.09. The molecule has 0 atom stereocenters. The predicted octanol–water partition coefficient (Wildman–Crippen LogP) is 2.97. The maximum atomic E-state index is 4.62. The summed E-state index contributed by atoms with van der Waals surface area (Å²) < 4.78 is 0. The Balaban J connectivity index is 2.51. The van der Waals surface area contributed by atoms with Crippen molar-refractivity contribution in [2.24, 2.45) is 0 Å². The summed E-state index contributed by atoms with van der Waals surface area (Å²) in [6.45, 7) is 7.66. The van der Waals surface area contributed by atoms with E-state index in [0.29, 0.717) is 0 Å². The third-order valence-electron chi connectivity index (χ3n) is 3.09. The summed E-state index contributed by atoms with van der Waals surface area (Å²) in [7, 11) is 4.01. The van der Waals surface area contributed by atoms with Crippen LogP contribution in [0.3, 0.4) is 0 Å². The zero-order valence-corrected chi connectivity index (χ0v) is 11.9. The molecule has 0 bridgehead atoms. The molecular weight excluding hydrogens is 234 g/mol. The molecule has 0 unspecified atom stereocenters. The van der Waals surface area contributed by atoms with E-state index in [1.54, 1.807) is 0 Å². The lowest BCUT2D eigenvalue weighted by molar-refractivity contribution is 0.818. The standard InChI is InChI=1S/C16H21N3/c1-12(2)11-19(4)16-15-8-6-5-7-14(15)13(9-17-3)10-18-16/h5-8,10,17H,1,9,11H2,2-4H3. The molecule has 1 aromatic carbocycles.